The molecule has 1 aliphatic carbocycles. The highest BCUT2D eigenvalue weighted by atomic mass is 16.5. The van der Waals surface area contributed by atoms with E-state index in [-0.39, 0.29) is 0 Å². The summed E-state index contributed by atoms with van der Waals surface area (Å²) in [5.74, 6) is 0.751. The van der Waals surface area contributed by atoms with Crippen LogP contribution in [0.15, 0.2) is 18.3 Å². The SMILES string of the molecule is CCCN(Cc1cccnc1OC)C1CCC(N)CC1. The molecule has 4 nitrogen and oxygen atoms in total. The second-order valence-electron chi connectivity index (χ2n) is 5.71. The number of ether oxygens (including phenoxy) is 1. The zero-order valence-electron chi connectivity index (χ0n) is 12.7. The van der Waals surface area contributed by atoms with Crippen molar-refractivity contribution in [1.82, 2.24) is 9.88 Å². The number of nitrogens with two attached hydrogens (primary N) is 1. The Morgan fingerprint density at radius 2 is 2.10 bits per heavy atom. The molecule has 0 saturated heterocycles. The summed E-state index contributed by atoms with van der Waals surface area (Å²) < 4.78 is 5.37. The largest absolute Gasteiger partial charge is 0.481 e. The van der Waals surface area contributed by atoms with Gasteiger partial charge in [-0.1, -0.05) is 13.0 Å². The summed E-state index contributed by atoms with van der Waals surface area (Å²) in [5.41, 5.74) is 7.20. The number of aromatic nitrogens is 1. The molecule has 0 aliphatic heterocycles. The highest BCUT2D eigenvalue weighted by Gasteiger charge is 2.24. The van der Waals surface area contributed by atoms with Crippen LogP contribution in [-0.4, -0.2) is 35.6 Å². The summed E-state index contributed by atoms with van der Waals surface area (Å²) in [6, 6.07) is 5.16. The van der Waals surface area contributed by atoms with E-state index in [4.69, 9.17) is 10.5 Å². The Labute approximate surface area is 122 Å². The van der Waals surface area contributed by atoms with Gasteiger partial charge < -0.3 is 10.5 Å². The van der Waals surface area contributed by atoms with E-state index >= 15 is 0 Å². The van der Waals surface area contributed by atoms with Crippen molar-refractivity contribution >= 4 is 0 Å². The van der Waals surface area contributed by atoms with Crippen molar-refractivity contribution in [3.8, 4) is 5.88 Å². The highest BCUT2D eigenvalue weighted by Crippen LogP contribution is 2.25. The molecule has 4 heteroatoms. The van der Waals surface area contributed by atoms with Crippen LogP contribution in [0.25, 0.3) is 0 Å². The second-order valence-corrected chi connectivity index (χ2v) is 5.71. The van der Waals surface area contributed by atoms with Crippen molar-refractivity contribution in [3.63, 3.8) is 0 Å². The van der Waals surface area contributed by atoms with Gasteiger partial charge in [0.1, 0.15) is 0 Å². The molecule has 0 aromatic carbocycles. The zero-order valence-corrected chi connectivity index (χ0v) is 12.7. The molecule has 2 N–H and O–H groups in total. The molecule has 1 aromatic heterocycles. The van der Waals surface area contributed by atoms with Gasteiger partial charge in [0.25, 0.3) is 0 Å². The second kappa shape index (κ2) is 7.60. The molecule has 20 heavy (non-hydrogen) atoms. The lowest BCUT2D eigenvalue weighted by Gasteiger charge is -2.36. The van der Waals surface area contributed by atoms with Gasteiger partial charge in [-0.15, -0.1) is 0 Å². The minimum atomic E-state index is 0.405. The van der Waals surface area contributed by atoms with Crippen LogP contribution in [0.3, 0.4) is 0 Å². The van der Waals surface area contributed by atoms with Crippen LogP contribution in [0, 0.1) is 0 Å². The van der Waals surface area contributed by atoms with Gasteiger partial charge in [0.15, 0.2) is 0 Å². The van der Waals surface area contributed by atoms with Gasteiger partial charge in [-0.25, -0.2) is 4.98 Å². The van der Waals surface area contributed by atoms with Gasteiger partial charge in [0.2, 0.25) is 5.88 Å². The van der Waals surface area contributed by atoms with E-state index in [9.17, 15) is 0 Å². The van der Waals surface area contributed by atoms with Crippen LogP contribution < -0.4 is 10.5 Å². The molecule has 0 amide bonds. The van der Waals surface area contributed by atoms with Crippen LogP contribution >= 0.6 is 0 Å². The smallest absolute Gasteiger partial charge is 0.217 e. The van der Waals surface area contributed by atoms with Gasteiger partial charge in [0, 0.05) is 30.4 Å². The van der Waals surface area contributed by atoms with Gasteiger partial charge in [-0.2, -0.15) is 0 Å². The Kier molecular flexibility index (Phi) is 5.80. The molecule has 1 saturated carbocycles. The van der Waals surface area contributed by atoms with Crippen molar-refractivity contribution < 1.29 is 4.74 Å². The molecule has 1 aliphatic rings. The molecular weight excluding hydrogens is 250 g/mol. The Bertz CT molecular complexity index is 402. The third-order valence-corrected chi connectivity index (χ3v) is 4.19. The lowest BCUT2D eigenvalue weighted by atomic mass is 9.90. The van der Waals surface area contributed by atoms with Crippen molar-refractivity contribution in [1.29, 1.82) is 0 Å². The van der Waals surface area contributed by atoms with Gasteiger partial charge in [-0.05, 0) is 44.7 Å². The standard InChI is InChI=1S/C16H27N3O/c1-3-11-19(15-8-6-14(17)7-9-15)12-13-5-4-10-18-16(13)20-2/h4-5,10,14-15H,3,6-9,11-12,17H2,1-2H3. The molecule has 1 aromatic rings. The summed E-state index contributed by atoms with van der Waals surface area (Å²) in [6.07, 6.45) is 7.68. The average molecular weight is 277 g/mol. The molecule has 0 unspecified atom stereocenters. The normalized spacial score (nSPS) is 23.0. The Morgan fingerprint density at radius 3 is 2.75 bits per heavy atom. The van der Waals surface area contributed by atoms with Crippen LogP contribution in [0.5, 0.6) is 5.88 Å². The molecule has 112 valence electrons. The van der Waals surface area contributed by atoms with Crippen molar-refractivity contribution in [2.45, 2.75) is 57.7 Å². The zero-order chi connectivity index (χ0) is 14.4. The molecule has 0 spiro atoms. The quantitative estimate of drug-likeness (QED) is 0.868. The summed E-state index contributed by atoms with van der Waals surface area (Å²) in [5, 5.41) is 0. The van der Waals surface area contributed by atoms with E-state index in [0.717, 1.165) is 31.8 Å². The number of rotatable bonds is 6. The summed E-state index contributed by atoms with van der Waals surface area (Å²) in [4.78, 5) is 6.87. The first-order valence-corrected chi connectivity index (χ1v) is 7.72. The fourth-order valence-electron chi connectivity index (χ4n) is 3.09. The van der Waals surface area contributed by atoms with Gasteiger partial charge in [0.05, 0.1) is 7.11 Å². The first-order chi connectivity index (χ1) is 9.74. The van der Waals surface area contributed by atoms with E-state index < -0.39 is 0 Å². The molecule has 0 bridgehead atoms. The maximum atomic E-state index is 6.02. The van der Waals surface area contributed by atoms with Gasteiger partial charge >= 0.3 is 0 Å². The number of methoxy groups -OCH3 is 1. The Morgan fingerprint density at radius 1 is 1.35 bits per heavy atom. The van der Waals surface area contributed by atoms with E-state index in [2.05, 4.69) is 22.9 Å². The maximum Gasteiger partial charge on any atom is 0.217 e. The van der Waals surface area contributed by atoms with E-state index in [1.54, 1.807) is 13.3 Å². The first-order valence-electron chi connectivity index (χ1n) is 7.72. The monoisotopic (exact) mass is 277 g/mol. The van der Waals surface area contributed by atoms with Crippen LogP contribution in [0.4, 0.5) is 0 Å². The maximum absolute atomic E-state index is 6.02. The fourth-order valence-corrected chi connectivity index (χ4v) is 3.09. The number of hydrogen-bond donors (Lipinski definition) is 1. The number of nitrogens with zero attached hydrogens (tertiary/aromatic N) is 2. The lowest BCUT2D eigenvalue weighted by molar-refractivity contribution is 0.140. The molecule has 1 fully saturated rings. The average Bonchev–Trinajstić information content (AvgIpc) is 2.48. The topological polar surface area (TPSA) is 51.4 Å². The molecular formula is C16H27N3O. The lowest BCUT2D eigenvalue weighted by Crippen LogP contribution is -2.41. The minimum absolute atomic E-state index is 0.405. The van der Waals surface area contributed by atoms with Crippen molar-refractivity contribution in [3.05, 3.63) is 23.9 Å². The van der Waals surface area contributed by atoms with Crippen LogP contribution in [0.2, 0.25) is 0 Å². The predicted octanol–water partition coefficient (Wildman–Crippen LogP) is 2.57. The van der Waals surface area contributed by atoms with Crippen molar-refractivity contribution in [2.24, 2.45) is 5.73 Å². The summed E-state index contributed by atoms with van der Waals surface area (Å²) in [7, 11) is 1.69. The van der Waals surface area contributed by atoms with E-state index in [1.807, 2.05) is 6.07 Å². The summed E-state index contributed by atoms with van der Waals surface area (Å²) in [6.45, 7) is 4.28. The molecule has 2 rings (SSSR count). The van der Waals surface area contributed by atoms with Crippen molar-refractivity contribution in [2.75, 3.05) is 13.7 Å². The van der Waals surface area contributed by atoms with E-state index in [1.165, 1.54) is 24.8 Å². The van der Waals surface area contributed by atoms with Crippen LogP contribution in [-0.2, 0) is 6.54 Å². The molecule has 0 atom stereocenters. The first kappa shape index (κ1) is 15.3. The Hall–Kier alpha value is -1.13. The van der Waals surface area contributed by atoms with E-state index in [0.29, 0.717) is 12.1 Å². The predicted molar refractivity (Wildman–Crippen MR) is 81.7 cm³/mol. The van der Waals surface area contributed by atoms with Gasteiger partial charge in [-0.3, -0.25) is 4.90 Å². The summed E-state index contributed by atoms with van der Waals surface area (Å²) >= 11 is 0. The third-order valence-electron chi connectivity index (χ3n) is 4.19. The third kappa shape index (κ3) is 3.93. The Balaban J connectivity index is 2.05. The number of pyridine rings is 1. The van der Waals surface area contributed by atoms with Crippen LogP contribution in [0.1, 0.15) is 44.6 Å². The minimum Gasteiger partial charge on any atom is -0.481 e. The fraction of sp³-hybridized carbons (Fsp3) is 0.688. The molecule has 1 heterocycles. The number of hydrogen-bond acceptors (Lipinski definition) is 4. The molecule has 0 radical (unpaired) electrons. The highest BCUT2D eigenvalue weighted by molar-refractivity contribution is 5.25.